The number of halogens is 2. The number of benzene rings is 1. The molecule has 0 bridgehead atoms. The van der Waals surface area contributed by atoms with E-state index in [4.69, 9.17) is 0 Å². The van der Waals surface area contributed by atoms with Gasteiger partial charge in [0.25, 0.3) is 0 Å². The normalized spacial score (nSPS) is 11.6. The maximum absolute atomic E-state index is 14.3. The molecule has 0 fully saturated rings. The van der Waals surface area contributed by atoms with Crippen LogP contribution in [-0.2, 0) is 18.9 Å². The molecule has 3 aromatic rings. The van der Waals surface area contributed by atoms with Crippen molar-refractivity contribution in [1.82, 2.24) is 19.7 Å². The molecule has 0 radical (unpaired) electrons. The number of carbonyl (C=O) groups is 1. The van der Waals surface area contributed by atoms with Crippen LogP contribution in [0.4, 0.5) is 8.78 Å². The molecular formula is C22H24F2N4O2. The van der Waals surface area contributed by atoms with Crippen LogP contribution >= 0.6 is 0 Å². The van der Waals surface area contributed by atoms with Crippen molar-refractivity contribution in [1.29, 1.82) is 0 Å². The van der Waals surface area contributed by atoms with Crippen LogP contribution in [0.5, 0.6) is 0 Å². The van der Waals surface area contributed by atoms with E-state index in [1.807, 2.05) is 19.1 Å². The van der Waals surface area contributed by atoms with Gasteiger partial charge >= 0.3 is 11.9 Å². The van der Waals surface area contributed by atoms with Crippen LogP contribution in [-0.4, -0.2) is 30.8 Å². The lowest BCUT2D eigenvalue weighted by Gasteiger charge is -2.10. The standard InChI is InChI=1S/C22H24F2N4O2/c1-3-11-22(23,24)21-26-18(28(27-21)13-4-2)14-15-7-9-16(10-8-15)19-17(20(29)30)6-5-12-25-19/h5-10,12H,3-4,11,13-14H2,1-2H3,(H,29,30). The Morgan fingerprint density at radius 1 is 1.13 bits per heavy atom. The fourth-order valence-electron chi connectivity index (χ4n) is 3.25. The van der Waals surface area contributed by atoms with Crippen molar-refractivity contribution in [3.8, 4) is 11.3 Å². The summed E-state index contributed by atoms with van der Waals surface area (Å²) in [4.78, 5) is 19.7. The minimum Gasteiger partial charge on any atom is -0.478 e. The average Bonchev–Trinajstić information content (AvgIpc) is 3.12. The summed E-state index contributed by atoms with van der Waals surface area (Å²) in [7, 11) is 0. The zero-order valence-corrected chi connectivity index (χ0v) is 17.0. The summed E-state index contributed by atoms with van der Waals surface area (Å²) in [5, 5.41) is 13.4. The van der Waals surface area contributed by atoms with E-state index in [-0.39, 0.29) is 12.0 Å². The van der Waals surface area contributed by atoms with Crippen LogP contribution < -0.4 is 0 Å². The number of hydrogen-bond donors (Lipinski definition) is 1. The number of aromatic nitrogens is 4. The molecule has 0 unspecified atom stereocenters. The van der Waals surface area contributed by atoms with E-state index in [1.54, 1.807) is 36.0 Å². The van der Waals surface area contributed by atoms with Crippen molar-refractivity contribution in [3.63, 3.8) is 0 Å². The zero-order valence-electron chi connectivity index (χ0n) is 17.0. The van der Waals surface area contributed by atoms with E-state index < -0.39 is 17.7 Å². The highest BCUT2D eigenvalue weighted by atomic mass is 19.3. The van der Waals surface area contributed by atoms with Gasteiger partial charge in [0, 0.05) is 31.1 Å². The average molecular weight is 414 g/mol. The van der Waals surface area contributed by atoms with E-state index in [2.05, 4.69) is 15.1 Å². The third-order valence-electron chi connectivity index (χ3n) is 4.70. The lowest BCUT2D eigenvalue weighted by Crippen LogP contribution is -2.15. The van der Waals surface area contributed by atoms with Crippen molar-refractivity contribution in [2.75, 3.05) is 0 Å². The van der Waals surface area contributed by atoms with Gasteiger partial charge in [-0.15, -0.1) is 5.10 Å². The number of carboxylic acids is 1. The number of aromatic carboxylic acids is 1. The summed E-state index contributed by atoms with van der Waals surface area (Å²) >= 11 is 0. The van der Waals surface area contributed by atoms with Crippen LogP contribution in [0, 0.1) is 0 Å². The van der Waals surface area contributed by atoms with E-state index in [1.165, 1.54) is 6.07 Å². The quantitative estimate of drug-likeness (QED) is 0.537. The van der Waals surface area contributed by atoms with Gasteiger partial charge in [-0.05, 0) is 30.5 Å². The Kier molecular flexibility index (Phi) is 6.54. The second-order valence-corrected chi connectivity index (χ2v) is 7.11. The van der Waals surface area contributed by atoms with Gasteiger partial charge in [-0.3, -0.25) is 4.98 Å². The first kappa shape index (κ1) is 21.5. The molecule has 0 aliphatic carbocycles. The summed E-state index contributed by atoms with van der Waals surface area (Å²) in [6, 6.07) is 10.3. The Balaban J connectivity index is 1.87. The van der Waals surface area contributed by atoms with Crippen LogP contribution in [0.15, 0.2) is 42.6 Å². The van der Waals surface area contributed by atoms with Crippen LogP contribution in [0.1, 0.15) is 60.7 Å². The van der Waals surface area contributed by atoms with Gasteiger partial charge in [0.15, 0.2) is 0 Å². The Labute approximate surface area is 173 Å². The number of alkyl halides is 2. The summed E-state index contributed by atoms with van der Waals surface area (Å²) in [6.45, 7) is 4.17. The highest BCUT2D eigenvalue weighted by molar-refractivity contribution is 5.94. The third-order valence-corrected chi connectivity index (χ3v) is 4.70. The molecule has 30 heavy (non-hydrogen) atoms. The molecule has 0 spiro atoms. The lowest BCUT2D eigenvalue weighted by molar-refractivity contribution is -0.0232. The first-order chi connectivity index (χ1) is 14.4. The number of hydrogen-bond acceptors (Lipinski definition) is 4. The summed E-state index contributed by atoms with van der Waals surface area (Å²) in [5.41, 5.74) is 2.03. The highest BCUT2D eigenvalue weighted by Crippen LogP contribution is 2.31. The minimum atomic E-state index is -3.04. The van der Waals surface area contributed by atoms with E-state index in [0.717, 1.165) is 12.0 Å². The predicted octanol–water partition coefficient (Wildman–Crippen LogP) is 4.93. The Hall–Kier alpha value is -3.16. The van der Waals surface area contributed by atoms with Crippen LogP contribution in [0.3, 0.4) is 0 Å². The maximum Gasteiger partial charge on any atom is 0.337 e. The van der Waals surface area contributed by atoms with Crippen molar-refractivity contribution < 1.29 is 18.7 Å². The number of carboxylic acid groups (broad SMARTS) is 1. The molecular weight excluding hydrogens is 390 g/mol. The van der Waals surface area contributed by atoms with E-state index in [9.17, 15) is 18.7 Å². The van der Waals surface area contributed by atoms with Gasteiger partial charge in [0.1, 0.15) is 5.82 Å². The molecule has 1 N–H and O–H groups in total. The molecule has 0 saturated carbocycles. The molecule has 0 saturated heterocycles. The van der Waals surface area contributed by atoms with Crippen molar-refractivity contribution in [3.05, 3.63) is 65.4 Å². The maximum atomic E-state index is 14.3. The van der Waals surface area contributed by atoms with Gasteiger partial charge in [0.2, 0.25) is 5.82 Å². The summed E-state index contributed by atoms with van der Waals surface area (Å²) in [6.07, 6.45) is 2.71. The lowest BCUT2D eigenvalue weighted by atomic mass is 10.0. The molecule has 3 rings (SSSR count). The van der Waals surface area contributed by atoms with Crippen LogP contribution in [0.2, 0.25) is 0 Å². The van der Waals surface area contributed by atoms with Crippen molar-refractivity contribution >= 4 is 5.97 Å². The fraction of sp³-hybridized carbons (Fsp3) is 0.364. The zero-order chi connectivity index (χ0) is 21.7. The minimum absolute atomic E-state index is 0.121. The largest absolute Gasteiger partial charge is 0.478 e. The number of nitrogens with zero attached hydrogens (tertiary/aromatic N) is 4. The van der Waals surface area contributed by atoms with Gasteiger partial charge in [-0.1, -0.05) is 38.1 Å². The molecule has 2 heterocycles. The SMILES string of the molecule is CCCn1nc(C(F)(F)CCC)nc1Cc1ccc(-c2ncccc2C(=O)O)cc1. The number of pyridine rings is 1. The second-order valence-electron chi connectivity index (χ2n) is 7.11. The van der Waals surface area contributed by atoms with Crippen LogP contribution in [0.25, 0.3) is 11.3 Å². The van der Waals surface area contributed by atoms with Gasteiger partial charge in [0.05, 0.1) is 11.3 Å². The molecule has 1 aromatic carbocycles. The highest BCUT2D eigenvalue weighted by Gasteiger charge is 2.36. The van der Waals surface area contributed by atoms with Gasteiger partial charge < -0.3 is 5.11 Å². The third kappa shape index (κ3) is 4.69. The molecule has 0 aliphatic heterocycles. The molecule has 0 atom stereocenters. The van der Waals surface area contributed by atoms with E-state index >= 15 is 0 Å². The summed E-state index contributed by atoms with van der Waals surface area (Å²) < 4.78 is 30.1. The molecule has 6 nitrogen and oxygen atoms in total. The topological polar surface area (TPSA) is 80.9 Å². The first-order valence-electron chi connectivity index (χ1n) is 9.95. The van der Waals surface area contributed by atoms with Gasteiger partial charge in [-0.2, -0.15) is 8.78 Å². The monoisotopic (exact) mass is 414 g/mol. The van der Waals surface area contributed by atoms with E-state index in [0.29, 0.717) is 36.5 Å². The molecule has 2 aromatic heterocycles. The number of rotatable bonds is 9. The molecule has 0 aliphatic rings. The summed E-state index contributed by atoms with van der Waals surface area (Å²) in [5.74, 6) is -4.03. The Morgan fingerprint density at radius 3 is 2.50 bits per heavy atom. The first-order valence-corrected chi connectivity index (χ1v) is 9.95. The predicted molar refractivity (Wildman–Crippen MR) is 109 cm³/mol. The fourth-order valence-corrected chi connectivity index (χ4v) is 3.25. The molecule has 0 amide bonds. The molecule has 158 valence electrons. The second kappa shape index (κ2) is 9.11. The number of aryl methyl sites for hydroxylation is 1. The molecule has 8 heteroatoms. The Bertz CT molecular complexity index is 1020. The van der Waals surface area contributed by atoms with Crippen molar-refractivity contribution in [2.45, 2.75) is 52.0 Å². The Morgan fingerprint density at radius 2 is 1.87 bits per heavy atom. The van der Waals surface area contributed by atoms with Gasteiger partial charge in [-0.25, -0.2) is 14.5 Å². The van der Waals surface area contributed by atoms with Crippen molar-refractivity contribution in [2.24, 2.45) is 0 Å². The smallest absolute Gasteiger partial charge is 0.337 e.